The van der Waals surface area contributed by atoms with Crippen molar-refractivity contribution in [3.63, 3.8) is 0 Å². The second-order valence-corrected chi connectivity index (χ2v) is 6.95. The van der Waals surface area contributed by atoms with Gasteiger partial charge < -0.3 is 11.1 Å². The predicted octanol–water partition coefficient (Wildman–Crippen LogP) is 5.03. The van der Waals surface area contributed by atoms with E-state index >= 15 is 0 Å². The summed E-state index contributed by atoms with van der Waals surface area (Å²) in [5.41, 5.74) is 10.1. The standard InChI is InChI=1S/C25H21FN2O/c26-23-6-2-3-20(14-23)18-8-10-19(11-9-18)25(29)28-16-22-5-1-4-21-13-17(15-27)7-12-24(21)22/h1-14H,15-16,27H2,(H,28,29). The molecular formula is C25H21FN2O. The van der Waals surface area contributed by atoms with Crippen molar-refractivity contribution in [1.82, 2.24) is 5.32 Å². The van der Waals surface area contributed by atoms with Crippen LogP contribution in [0.1, 0.15) is 21.5 Å². The van der Waals surface area contributed by atoms with Crippen molar-refractivity contribution >= 4 is 16.7 Å². The Morgan fingerprint density at radius 3 is 2.41 bits per heavy atom. The lowest BCUT2D eigenvalue weighted by molar-refractivity contribution is 0.0951. The van der Waals surface area contributed by atoms with Gasteiger partial charge in [0.05, 0.1) is 0 Å². The van der Waals surface area contributed by atoms with Crippen LogP contribution >= 0.6 is 0 Å². The third kappa shape index (κ3) is 4.18. The Morgan fingerprint density at radius 2 is 1.66 bits per heavy atom. The van der Waals surface area contributed by atoms with Crippen LogP contribution < -0.4 is 11.1 Å². The first kappa shape index (κ1) is 18.8. The molecule has 0 unspecified atom stereocenters. The normalized spacial score (nSPS) is 10.8. The molecule has 4 aromatic rings. The molecule has 0 atom stereocenters. The molecule has 3 N–H and O–H groups in total. The summed E-state index contributed by atoms with van der Waals surface area (Å²) in [4.78, 5) is 12.6. The molecule has 0 aliphatic carbocycles. The number of hydrogen-bond acceptors (Lipinski definition) is 2. The van der Waals surface area contributed by atoms with Gasteiger partial charge in [-0.2, -0.15) is 0 Å². The monoisotopic (exact) mass is 384 g/mol. The number of fused-ring (bicyclic) bond motifs is 1. The van der Waals surface area contributed by atoms with Crippen molar-refractivity contribution in [2.24, 2.45) is 5.73 Å². The zero-order valence-corrected chi connectivity index (χ0v) is 15.9. The molecule has 0 saturated heterocycles. The summed E-state index contributed by atoms with van der Waals surface area (Å²) in [5, 5.41) is 5.19. The third-order valence-corrected chi connectivity index (χ3v) is 5.02. The minimum Gasteiger partial charge on any atom is -0.348 e. The summed E-state index contributed by atoms with van der Waals surface area (Å²) >= 11 is 0. The molecule has 4 heteroatoms. The summed E-state index contributed by atoms with van der Waals surface area (Å²) in [6.07, 6.45) is 0. The van der Waals surface area contributed by atoms with Crippen LogP contribution in [0.25, 0.3) is 21.9 Å². The fourth-order valence-electron chi connectivity index (χ4n) is 3.44. The van der Waals surface area contributed by atoms with Gasteiger partial charge in [0.1, 0.15) is 5.82 Å². The van der Waals surface area contributed by atoms with Crippen molar-refractivity contribution < 1.29 is 9.18 Å². The van der Waals surface area contributed by atoms with Crippen molar-refractivity contribution in [2.45, 2.75) is 13.1 Å². The van der Waals surface area contributed by atoms with Crippen LogP contribution in [-0.2, 0) is 13.1 Å². The fraction of sp³-hybridized carbons (Fsp3) is 0.0800. The molecule has 0 bridgehead atoms. The summed E-state index contributed by atoms with van der Waals surface area (Å²) in [5.74, 6) is -0.427. The molecule has 29 heavy (non-hydrogen) atoms. The van der Waals surface area contributed by atoms with Gasteiger partial charge in [-0.1, -0.05) is 54.6 Å². The zero-order chi connectivity index (χ0) is 20.2. The number of rotatable bonds is 5. The van der Waals surface area contributed by atoms with E-state index in [0.29, 0.717) is 18.7 Å². The molecule has 0 fully saturated rings. The summed E-state index contributed by atoms with van der Waals surface area (Å²) in [7, 11) is 0. The highest BCUT2D eigenvalue weighted by molar-refractivity contribution is 5.95. The van der Waals surface area contributed by atoms with E-state index in [1.54, 1.807) is 18.2 Å². The van der Waals surface area contributed by atoms with E-state index in [1.165, 1.54) is 12.1 Å². The average Bonchev–Trinajstić information content (AvgIpc) is 2.77. The van der Waals surface area contributed by atoms with E-state index in [2.05, 4.69) is 11.4 Å². The summed E-state index contributed by atoms with van der Waals surface area (Å²) < 4.78 is 13.4. The van der Waals surface area contributed by atoms with Crippen molar-refractivity contribution in [3.05, 3.63) is 107 Å². The van der Waals surface area contributed by atoms with Crippen LogP contribution in [0.15, 0.2) is 84.9 Å². The van der Waals surface area contributed by atoms with E-state index in [9.17, 15) is 9.18 Å². The Bertz CT molecular complexity index is 1170. The smallest absolute Gasteiger partial charge is 0.251 e. The van der Waals surface area contributed by atoms with E-state index in [0.717, 1.165) is 33.0 Å². The molecule has 0 spiro atoms. The Kier molecular flexibility index (Phi) is 5.36. The van der Waals surface area contributed by atoms with Gasteiger partial charge in [-0.15, -0.1) is 0 Å². The Labute approximate surface area is 169 Å². The molecule has 0 aromatic heterocycles. The van der Waals surface area contributed by atoms with Crippen LogP contribution in [-0.4, -0.2) is 5.91 Å². The van der Waals surface area contributed by atoms with Crippen LogP contribution in [0.3, 0.4) is 0 Å². The van der Waals surface area contributed by atoms with E-state index < -0.39 is 0 Å². The van der Waals surface area contributed by atoms with Crippen LogP contribution in [0.5, 0.6) is 0 Å². The first-order valence-corrected chi connectivity index (χ1v) is 9.49. The van der Waals surface area contributed by atoms with Crippen LogP contribution in [0.2, 0.25) is 0 Å². The first-order valence-electron chi connectivity index (χ1n) is 9.49. The molecule has 3 nitrogen and oxygen atoms in total. The Morgan fingerprint density at radius 1 is 0.862 bits per heavy atom. The fourth-order valence-corrected chi connectivity index (χ4v) is 3.44. The topological polar surface area (TPSA) is 55.1 Å². The van der Waals surface area contributed by atoms with Gasteiger partial charge in [0.25, 0.3) is 5.91 Å². The Balaban J connectivity index is 1.48. The molecule has 4 aromatic carbocycles. The maximum atomic E-state index is 13.4. The van der Waals surface area contributed by atoms with Gasteiger partial charge in [0, 0.05) is 18.7 Å². The van der Waals surface area contributed by atoms with Gasteiger partial charge in [0.2, 0.25) is 0 Å². The van der Waals surface area contributed by atoms with Crippen LogP contribution in [0, 0.1) is 5.82 Å². The first-order chi connectivity index (χ1) is 14.1. The number of hydrogen-bond donors (Lipinski definition) is 2. The van der Waals surface area contributed by atoms with Crippen molar-refractivity contribution in [2.75, 3.05) is 0 Å². The lowest BCUT2D eigenvalue weighted by atomic mass is 10.0. The minimum absolute atomic E-state index is 0.147. The highest BCUT2D eigenvalue weighted by atomic mass is 19.1. The number of nitrogens with one attached hydrogen (secondary N) is 1. The second-order valence-electron chi connectivity index (χ2n) is 6.95. The highest BCUT2D eigenvalue weighted by Crippen LogP contribution is 2.22. The van der Waals surface area contributed by atoms with Crippen molar-refractivity contribution in [1.29, 1.82) is 0 Å². The number of amides is 1. The second kappa shape index (κ2) is 8.25. The van der Waals surface area contributed by atoms with E-state index in [-0.39, 0.29) is 11.7 Å². The van der Waals surface area contributed by atoms with E-state index in [4.69, 9.17) is 5.73 Å². The molecule has 0 radical (unpaired) electrons. The quantitative estimate of drug-likeness (QED) is 0.507. The number of halogens is 1. The number of carbonyl (C=O) groups excluding carboxylic acids is 1. The molecule has 0 aliphatic rings. The number of carbonyl (C=O) groups is 1. The number of benzene rings is 4. The minimum atomic E-state index is -0.280. The molecule has 144 valence electrons. The van der Waals surface area contributed by atoms with Gasteiger partial charge in [-0.05, 0) is 63.4 Å². The zero-order valence-electron chi connectivity index (χ0n) is 15.9. The van der Waals surface area contributed by atoms with E-state index in [1.807, 2.05) is 48.5 Å². The van der Waals surface area contributed by atoms with Gasteiger partial charge in [0.15, 0.2) is 0 Å². The molecule has 0 aliphatic heterocycles. The summed E-state index contributed by atoms with van der Waals surface area (Å²) in [6.45, 7) is 0.937. The predicted molar refractivity (Wildman–Crippen MR) is 115 cm³/mol. The van der Waals surface area contributed by atoms with Gasteiger partial charge in [-0.3, -0.25) is 4.79 Å². The SMILES string of the molecule is NCc1ccc2c(CNC(=O)c3ccc(-c4cccc(F)c4)cc3)cccc2c1. The largest absolute Gasteiger partial charge is 0.348 e. The summed E-state index contributed by atoms with van der Waals surface area (Å²) in [6, 6.07) is 25.8. The highest BCUT2D eigenvalue weighted by Gasteiger charge is 2.08. The number of nitrogens with two attached hydrogens (primary N) is 1. The lowest BCUT2D eigenvalue weighted by Gasteiger charge is -2.10. The maximum absolute atomic E-state index is 13.4. The maximum Gasteiger partial charge on any atom is 0.251 e. The molecule has 1 amide bonds. The average molecular weight is 384 g/mol. The lowest BCUT2D eigenvalue weighted by Crippen LogP contribution is -2.22. The molecule has 4 rings (SSSR count). The molecule has 0 saturated carbocycles. The third-order valence-electron chi connectivity index (χ3n) is 5.02. The van der Waals surface area contributed by atoms with Crippen molar-refractivity contribution in [3.8, 4) is 11.1 Å². The van der Waals surface area contributed by atoms with Gasteiger partial charge in [-0.25, -0.2) is 4.39 Å². The van der Waals surface area contributed by atoms with Gasteiger partial charge >= 0.3 is 0 Å². The molecule has 0 heterocycles. The Hall–Kier alpha value is -3.50. The van der Waals surface area contributed by atoms with Crippen LogP contribution in [0.4, 0.5) is 4.39 Å². The molecular weight excluding hydrogens is 363 g/mol.